The summed E-state index contributed by atoms with van der Waals surface area (Å²) in [7, 11) is 0. The van der Waals surface area contributed by atoms with E-state index in [0.717, 1.165) is 48.3 Å². The van der Waals surface area contributed by atoms with Gasteiger partial charge in [0.25, 0.3) is 0 Å². The lowest BCUT2D eigenvalue weighted by atomic mass is 9.52. The molecule has 0 radical (unpaired) electrons. The summed E-state index contributed by atoms with van der Waals surface area (Å²) in [5.74, 6) is 5.89. The van der Waals surface area contributed by atoms with Gasteiger partial charge in [-0.15, -0.1) is 0 Å². The molecule has 2 aromatic rings. The van der Waals surface area contributed by atoms with Gasteiger partial charge in [-0.1, -0.05) is 60.7 Å². The molecule has 8 aliphatic carbocycles. The van der Waals surface area contributed by atoms with E-state index in [9.17, 15) is 0 Å². The topological polar surface area (TPSA) is 24.1 Å². The molecule has 10 rings (SSSR count). The Hall–Kier alpha value is -1.64. The van der Waals surface area contributed by atoms with Gasteiger partial charge in [-0.2, -0.15) is 0 Å². The largest absolute Gasteiger partial charge is 0.307 e. The van der Waals surface area contributed by atoms with Crippen LogP contribution in [-0.2, 0) is 12.8 Å². The van der Waals surface area contributed by atoms with E-state index in [0.29, 0.717) is 23.2 Å². The Balaban J connectivity index is 1.13. The van der Waals surface area contributed by atoms with Crippen LogP contribution in [0.1, 0.15) is 88.2 Å². The van der Waals surface area contributed by atoms with Gasteiger partial charge in [0.15, 0.2) is 0 Å². The Morgan fingerprint density at radius 3 is 1.05 bits per heavy atom. The molecule has 0 aromatic heterocycles. The Morgan fingerprint density at radius 2 is 0.763 bits per heavy atom. The summed E-state index contributed by atoms with van der Waals surface area (Å²) in [6, 6.07) is 23.8. The van der Waals surface area contributed by atoms with Crippen LogP contribution in [-0.4, -0.2) is 23.2 Å². The molecule has 2 aromatic carbocycles. The van der Waals surface area contributed by atoms with Crippen LogP contribution in [0, 0.1) is 35.5 Å². The van der Waals surface area contributed by atoms with Gasteiger partial charge in [-0.05, 0) is 137 Å². The Bertz CT molecular complexity index is 947. The molecule has 8 saturated carbocycles. The summed E-state index contributed by atoms with van der Waals surface area (Å²) in [4.78, 5) is 0. The lowest BCUT2D eigenvalue weighted by Gasteiger charge is -2.60. The van der Waals surface area contributed by atoms with E-state index in [4.69, 9.17) is 0 Å². The first-order valence-electron chi connectivity index (χ1n) is 16.2. The highest BCUT2D eigenvalue weighted by Gasteiger charge is 2.54. The van der Waals surface area contributed by atoms with Gasteiger partial charge in [-0.3, -0.25) is 0 Å². The molecule has 0 unspecified atom stereocenters. The fourth-order valence-electron chi connectivity index (χ4n) is 11.7. The minimum atomic E-state index is 0.381. The van der Waals surface area contributed by atoms with Crippen LogP contribution in [0.4, 0.5) is 0 Å². The smallest absolute Gasteiger partial charge is 0.0270 e. The van der Waals surface area contributed by atoms with Gasteiger partial charge in [0, 0.05) is 23.2 Å². The second-order valence-electron chi connectivity index (χ2n) is 15.3. The molecule has 0 amide bonds. The van der Waals surface area contributed by atoms with Crippen LogP contribution in [0.3, 0.4) is 0 Å². The van der Waals surface area contributed by atoms with Gasteiger partial charge in [0.1, 0.15) is 0 Å². The Morgan fingerprint density at radius 1 is 0.474 bits per heavy atom. The van der Waals surface area contributed by atoms with E-state index < -0.39 is 0 Å². The molecule has 0 heterocycles. The second-order valence-corrected chi connectivity index (χ2v) is 15.3. The van der Waals surface area contributed by atoms with Gasteiger partial charge >= 0.3 is 0 Å². The predicted octanol–water partition coefficient (Wildman–Crippen LogP) is 7.33. The molecule has 0 aliphatic heterocycles. The Labute approximate surface area is 230 Å². The SMILES string of the molecule is c1ccc(C[C@H](NC23CC4CC(CC(C4)C2)C3)[C@H](Cc2ccccc2)NC23CC4CC(CC(C4)C2)C3)cc1. The van der Waals surface area contributed by atoms with E-state index in [-0.39, 0.29) is 0 Å². The average molecular weight is 509 g/mol. The van der Waals surface area contributed by atoms with Crippen LogP contribution >= 0.6 is 0 Å². The molecule has 2 heteroatoms. The molecular weight excluding hydrogens is 460 g/mol. The number of rotatable bonds is 9. The third kappa shape index (κ3) is 4.68. The van der Waals surface area contributed by atoms with Crippen molar-refractivity contribution in [2.24, 2.45) is 35.5 Å². The highest BCUT2D eigenvalue weighted by atomic mass is 15.1. The van der Waals surface area contributed by atoms with E-state index in [1.807, 2.05) is 0 Å². The number of hydrogen-bond acceptors (Lipinski definition) is 2. The summed E-state index contributed by atoms with van der Waals surface area (Å²) in [5, 5.41) is 9.10. The minimum absolute atomic E-state index is 0.381. The van der Waals surface area contributed by atoms with E-state index >= 15 is 0 Å². The molecule has 2 atom stereocenters. The van der Waals surface area contributed by atoms with Gasteiger partial charge in [-0.25, -0.2) is 0 Å². The first-order chi connectivity index (χ1) is 18.6. The van der Waals surface area contributed by atoms with Crippen molar-refractivity contribution in [1.82, 2.24) is 10.6 Å². The average Bonchev–Trinajstić information content (AvgIpc) is 2.87. The summed E-state index contributed by atoms with van der Waals surface area (Å²) < 4.78 is 0. The van der Waals surface area contributed by atoms with Crippen LogP contribution in [0.15, 0.2) is 60.7 Å². The molecule has 38 heavy (non-hydrogen) atoms. The minimum Gasteiger partial charge on any atom is -0.307 e. The van der Waals surface area contributed by atoms with Gasteiger partial charge in [0.2, 0.25) is 0 Å². The zero-order valence-corrected chi connectivity index (χ0v) is 23.3. The number of nitrogens with one attached hydrogen (secondary N) is 2. The van der Waals surface area contributed by atoms with Crippen molar-refractivity contribution in [3.8, 4) is 0 Å². The maximum atomic E-state index is 4.55. The molecule has 202 valence electrons. The van der Waals surface area contributed by atoms with Gasteiger partial charge < -0.3 is 10.6 Å². The van der Waals surface area contributed by atoms with Crippen molar-refractivity contribution in [3.63, 3.8) is 0 Å². The molecule has 8 aliphatic rings. The molecule has 2 nitrogen and oxygen atoms in total. The summed E-state index contributed by atoms with van der Waals surface area (Å²) in [5.41, 5.74) is 3.76. The number of benzene rings is 2. The highest BCUT2D eigenvalue weighted by molar-refractivity contribution is 5.22. The summed E-state index contributed by atoms with van der Waals surface area (Å²) in [6.45, 7) is 0. The lowest BCUT2D eigenvalue weighted by molar-refractivity contribution is -0.0403. The van der Waals surface area contributed by atoms with Crippen LogP contribution in [0.5, 0.6) is 0 Å². The van der Waals surface area contributed by atoms with Crippen LogP contribution in [0.2, 0.25) is 0 Å². The number of hydrogen-bond donors (Lipinski definition) is 2. The van der Waals surface area contributed by atoms with Gasteiger partial charge in [0.05, 0.1) is 0 Å². The van der Waals surface area contributed by atoms with E-state index in [1.54, 1.807) is 0 Å². The van der Waals surface area contributed by atoms with Crippen molar-refractivity contribution in [2.75, 3.05) is 0 Å². The second kappa shape index (κ2) is 9.48. The first-order valence-corrected chi connectivity index (χ1v) is 16.2. The Kier molecular flexibility index (Phi) is 6.03. The van der Waals surface area contributed by atoms with E-state index in [1.165, 1.54) is 88.2 Å². The predicted molar refractivity (Wildman–Crippen MR) is 156 cm³/mol. The maximum absolute atomic E-state index is 4.55. The molecule has 0 saturated heterocycles. The van der Waals surface area contributed by atoms with Crippen molar-refractivity contribution in [3.05, 3.63) is 71.8 Å². The van der Waals surface area contributed by atoms with Crippen LogP contribution in [0.25, 0.3) is 0 Å². The molecule has 2 N–H and O–H groups in total. The third-order valence-corrected chi connectivity index (χ3v) is 12.1. The molecule has 8 bridgehead atoms. The standard InChI is InChI=1S/C36H48N2/c1-3-7-25(8-4-1)17-33(37-35-19-27-11-28(20-35)13-29(12-27)21-35)34(18-26-9-5-2-6-10-26)38-36-22-30-14-31(23-36)16-32(15-30)24-36/h1-10,27-34,37-38H,11-24H2/t27?,28?,29?,30?,31?,32?,33-,34-,35?,36?/m0/s1. The highest BCUT2D eigenvalue weighted by Crippen LogP contribution is 2.57. The molecule has 8 fully saturated rings. The third-order valence-electron chi connectivity index (χ3n) is 12.1. The van der Waals surface area contributed by atoms with Crippen molar-refractivity contribution in [1.29, 1.82) is 0 Å². The monoisotopic (exact) mass is 508 g/mol. The first kappa shape index (κ1) is 24.2. The fourth-order valence-corrected chi connectivity index (χ4v) is 11.7. The zero-order valence-electron chi connectivity index (χ0n) is 23.3. The molecule has 0 spiro atoms. The van der Waals surface area contributed by atoms with Crippen molar-refractivity contribution in [2.45, 2.75) is 113 Å². The van der Waals surface area contributed by atoms with E-state index in [2.05, 4.69) is 71.3 Å². The summed E-state index contributed by atoms with van der Waals surface area (Å²) in [6.07, 6.45) is 20.0. The fraction of sp³-hybridized carbons (Fsp3) is 0.667. The summed E-state index contributed by atoms with van der Waals surface area (Å²) >= 11 is 0. The zero-order chi connectivity index (χ0) is 25.2. The molecular formula is C36H48N2. The van der Waals surface area contributed by atoms with Crippen molar-refractivity contribution >= 4 is 0 Å². The van der Waals surface area contributed by atoms with Crippen LogP contribution < -0.4 is 10.6 Å². The van der Waals surface area contributed by atoms with Crippen molar-refractivity contribution < 1.29 is 0 Å². The quantitative estimate of drug-likeness (QED) is 0.371. The maximum Gasteiger partial charge on any atom is 0.0270 e. The lowest BCUT2D eigenvalue weighted by Crippen LogP contribution is -2.68. The normalized spacial score (nSPS) is 41.9.